The second-order valence-corrected chi connectivity index (χ2v) is 10.9. The largest absolute Gasteiger partial charge is 0.379 e. The summed E-state index contributed by atoms with van der Waals surface area (Å²) in [5, 5.41) is 6.21. The lowest BCUT2D eigenvalue weighted by atomic mass is 9.70. The first kappa shape index (κ1) is 30.1. The molecule has 212 valence electrons. The molecule has 2 amide bonds. The molecule has 3 rings (SSSR count). The van der Waals surface area contributed by atoms with E-state index in [9.17, 15) is 9.59 Å². The molecule has 2 saturated carbocycles. The van der Waals surface area contributed by atoms with Crippen LogP contribution < -0.4 is 10.6 Å². The molecule has 0 aromatic carbocycles. The van der Waals surface area contributed by atoms with Crippen LogP contribution in [0.4, 0.5) is 0 Å². The standard InChI is InChI=1S/C29H50N2O6/c1-3-4-12-29(22-24-9-10-26(29)23(24)2)28(33)30-13-15-35-17-19-37-21-20-36-18-16-34-14-11-27(32)31-25-7-5-6-8-25/h9-10,23-26H,3-8,11-22H2,1-2H3,(H,30,33)(H,31,32). The van der Waals surface area contributed by atoms with E-state index in [0.29, 0.717) is 89.6 Å². The highest BCUT2D eigenvalue weighted by atomic mass is 16.6. The first-order chi connectivity index (χ1) is 18.1. The van der Waals surface area contributed by atoms with E-state index in [0.717, 1.165) is 38.5 Å². The summed E-state index contributed by atoms with van der Waals surface area (Å²) in [6.07, 6.45) is 13.8. The summed E-state index contributed by atoms with van der Waals surface area (Å²) >= 11 is 0. The van der Waals surface area contributed by atoms with Gasteiger partial charge in [0.05, 0.1) is 58.3 Å². The number of hydrogen-bond acceptors (Lipinski definition) is 6. The molecule has 0 aromatic heterocycles. The summed E-state index contributed by atoms with van der Waals surface area (Å²) in [6.45, 7) is 8.88. The van der Waals surface area contributed by atoms with Crippen molar-refractivity contribution in [2.75, 3.05) is 59.4 Å². The molecule has 8 nitrogen and oxygen atoms in total. The van der Waals surface area contributed by atoms with Crippen LogP contribution >= 0.6 is 0 Å². The number of carbonyl (C=O) groups is 2. The van der Waals surface area contributed by atoms with Crippen LogP contribution in [0.1, 0.15) is 71.6 Å². The molecule has 2 N–H and O–H groups in total. The highest BCUT2D eigenvalue weighted by Crippen LogP contribution is 2.57. The minimum absolute atomic E-state index is 0.0781. The van der Waals surface area contributed by atoms with Crippen molar-refractivity contribution in [3.8, 4) is 0 Å². The number of hydrogen-bond donors (Lipinski definition) is 2. The van der Waals surface area contributed by atoms with Crippen molar-refractivity contribution in [3.05, 3.63) is 12.2 Å². The molecule has 8 heteroatoms. The first-order valence-corrected chi connectivity index (χ1v) is 14.6. The average molecular weight is 523 g/mol. The first-order valence-electron chi connectivity index (χ1n) is 14.6. The van der Waals surface area contributed by atoms with Crippen LogP contribution in [0.15, 0.2) is 12.2 Å². The van der Waals surface area contributed by atoms with Gasteiger partial charge in [0.1, 0.15) is 0 Å². The minimum atomic E-state index is -0.230. The van der Waals surface area contributed by atoms with E-state index in [1.54, 1.807) is 0 Å². The average Bonchev–Trinajstić information content (AvgIpc) is 3.60. The third-order valence-corrected chi connectivity index (χ3v) is 8.32. The van der Waals surface area contributed by atoms with Gasteiger partial charge >= 0.3 is 0 Å². The molecule has 0 heterocycles. The number of ether oxygens (including phenoxy) is 4. The summed E-state index contributed by atoms with van der Waals surface area (Å²) < 4.78 is 22.1. The normalized spacial score (nSPS) is 26.7. The minimum Gasteiger partial charge on any atom is -0.379 e. The van der Waals surface area contributed by atoms with Gasteiger partial charge in [-0.15, -0.1) is 0 Å². The fraction of sp³-hybridized carbons (Fsp3) is 0.862. The molecule has 2 bridgehead atoms. The molecule has 0 aromatic rings. The van der Waals surface area contributed by atoms with E-state index < -0.39 is 0 Å². The zero-order valence-electron chi connectivity index (χ0n) is 23.1. The van der Waals surface area contributed by atoms with Crippen LogP contribution in [0.2, 0.25) is 0 Å². The van der Waals surface area contributed by atoms with Crippen LogP contribution in [0.5, 0.6) is 0 Å². The van der Waals surface area contributed by atoms with E-state index in [1.807, 2.05) is 0 Å². The van der Waals surface area contributed by atoms with Crippen molar-refractivity contribution >= 4 is 11.8 Å². The molecule has 3 aliphatic carbocycles. The molecule has 0 radical (unpaired) electrons. The van der Waals surface area contributed by atoms with E-state index in [2.05, 4.69) is 36.6 Å². The second kappa shape index (κ2) is 16.5. The van der Waals surface area contributed by atoms with Gasteiger partial charge in [-0.1, -0.05) is 51.7 Å². The summed E-state index contributed by atoms with van der Waals surface area (Å²) in [6, 6.07) is 0.364. The Hall–Kier alpha value is -1.48. The number of fused-ring (bicyclic) bond motifs is 2. The number of amides is 2. The summed E-state index contributed by atoms with van der Waals surface area (Å²) in [5.74, 6) is 1.79. The molecule has 0 saturated heterocycles. The van der Waals surface area contributed by atoms with Gasteiger partial charge in [0.25, 0.3) is 0 Å². The maximum Gasteiger partial charge on any atom is 0.226 e. The molecular formula is C29H50N2O6. The molecule has 37 heavy (non-hydrogen) atoms. The van der Waals surface area contributed by atoms with Crippen LogP contribution in [0, 0.1) is 23.2 Å². The third kappa shape index (κ3) is 9.34. The lowest BCUT2D eigenvalue weighted by molar-refractivity contribution is -0.133. The van der Waals surface area contributed by atoms with Crippen molar-refractivity contribution in [2.45, 2.75) is 77.7 Å². The number of rotatable bonds is 20. The molecule has 0 aliphatic heterocycles. The highest BCUT2D eigenvalue weighted by Gasteiger charge is 2.56. The van der Waals surface area contributed by atoms with Gasteiger partial charge < -0.3 is 29.6 Å². The number of unbranched alkanes of at least 4 members (excludes halogenated alkanes) is 1. The third-order valence-electron chi connectivity index (χ3n) is 8.32. The quantitative estimate of drug-likeness (QED) is 0.187. The van der Waals surface area contributed by atoms with E-state index in [1.165, 1.54) is 12.8 Å². The summed E-state index contributed by atoms with van der Waals surface area (Å²) in [4.78, 5) is 25.0. The Bertz CT molecular complexity index is 711. The van der Waals surface area contributed by atoms with Gasteiger partial charge in [0.15, 0.2) is 0 Å². The predicted molar refractivity (Wildman–Crippen MR) is 143 cm³/mol. The van der Waals surface area contributed by atoms with E-state index in [-0.39, 0.29) is 17.2 Å². The molecule has 0 spiro atoms. The van der Waals surface area contributed by atoms with Gasteiger partial charge in [0.2, 0.25) is 11.8 Å². The Morgan fingerprint density at radius 1 is 0.892 bits per heavy atom. The van der Waals surface area contributed by atoms with Crippen molar-refractivity contribution in [1.29, 1.82) is 0 Å². The van der Waals surface area contributed by atoms with Crippen molar-refractivity contribution in [2.24, 2.45) is 23.2 Å². The fourth-order valence-electron chi connectivity index (χ4n) is 6.21. The number of nitrogens with one attached hydrogen (secondary N) is 2. The lowest BCUT2D eigenvalue weighted by Gasteiger charge is -2.35. The van der Waals surface area contributed by atoms with Crippen molar-refractivity contribution < 1.29 is 28.5 Å². The van der Waals surface area contributed by atoms with Gasteiger partial charge in [-0.05, 0) is 43.4 Å². The van der Waals surface area contributed by atoms with Crippen molar-refractivity contribution in [1.82, 2.24) is 10.6 Å². The van der Waals surface area contributed by atoms with Gasteiger partial charge in [-0.2, -0.15) is 0 Å². The van der Waals surface area contributed by atoms with Crippen LogP contribution in [0.3, 0.4) is 0 Å². The SMILES string of the molecule is CCCCC1(C(=O)NCCOCCOCCOCCOCCC(=O)NC2CCCC2)CC2C=CC1C2C. The zero-order valence-corrected chi connectivity index (χ0v) is 23.1. The zero-order chi connectivity index (χ0) is 26.3. The maximum absolute atomic E-state index is 13.2. The van der Waals surface area contributed by atoms with Crippen LogP contribution in [-0.2, 0) is 28.5 Å². The van der Waals surface area contributed by atoms with Crippen LogP contribution in [0.25, 0.3) is 0 Å². The lowest BCUT2D eigenvalue weighted by Crippen LogP contribution is -2.45. The molecule has 3 aliphatic rings. The highest BCUT2D eigenvalue weighted by molar-refractivity contribution is 5.84. The number of carbonyl (C=O) groups excluding carboxylic acids is 2. The fourth-order valence-corrected chi connectivity index (χ4v) is 6.21. The monoisotopic (exact) mass is 522 g/mol. The van der Waals surface area contributed by atoms with E-state index in [4.69, 9.17) is 18.9 Å². The van der Waals surface area contributed by atoms with Crippen molar-refractivity contribution in [3.63, 3.8) is 0 Å². The van der Waals surface area contributed by atoms with Gasteiger partial charge in [-0.25, -0.2) is 0 Å². The Kier molecular flexibility index (Phi) is 13.4. The topological polar surface area (TPSA) is 95.1 Å². The smallest absolute Gasteiger partial charge is 0.226 e. The van der Waals surface area contributed by atoms with Gasteiger partial charge in [0, 0.05) is 19.0 Å². The Morgan fingerprint density at radius 3 is 2.08 bits per heavy atom. The number of allylic oxidation sites excluding steroid dienone is 2. The second-order valence-electron chi connectivity index (χ2n) is 10.9. The van der Waals surface area contributed by atoms with Gasteiger partial charge in [-0.3, -0.25) is 9.59 Å². The molecule has 4 atom stereocenters. The Balaban J connectivity index is 1.10. The maximum atomic E-state index is 13.2. The summed E-state index contributed by atoms with van der Waals surface area (Å²) in [5.41, 5.74) is -0.230. The van der Waals surface area contributed by atoms with Crippen LogP contribution in [-0.4, -0.2) is 77.3 Å². The predicted octanol–water partition coefficient (Wildman–Crippen LogP) is 3.64. The Labute approximate surface area is 223 Å². The summed E-state index contributed by atoms with van der Waals surface area (Å²) in [7, 11) is 0. The molecule has 2 fully saturated rings. The Morgan fingerprint density at radius 2 is 1.51 bits per heavy atom. The molecule has 4 unspecified atom stereocenters. The molecular weight excluding hydrogens is 472 g/mol. The van der Waals surface area contributed by atoms with E-state index >= 15 is 0 Å².